The summed E-state index contributed by atoms with van der Waals surface area (Å²) in [4.78, 5) is 18.5. The SMILES string of the molecule is CNc1ncnc(NCC(O)C(N)=O)c1OC. The molecule has 1 heterocycles. The largest absolute Gasteiger partial charge is 0.490 e. The normalized spacial score (nSPS) is 11.7. The third-order valence-corrected chi connectivity index (χ3v) is 2.04. The van der Waals surface area contributed by atoms with Crippen molar-refractivity contribution in [2.45, 2.75) is 6.10 Å². The molecule has 0 fully saturated rings. The van der Waals surface area contributed by atoms with Gasteiger partial charge >= 0.3 is 0 Å². The minimum Gasteiger partial charge on any atom is -0.490 e. The molecule has 1 aromatic heterocycles. The van der Waals surface area contributed by atoms with Gasteiger partial charge in [0.1, 0.15) is 12.4 Å². The van der Waals surface area contributed by atoms with Crippen molar-refractivity contribution in [1.29, 1.82) is 0 Å². The number of aliphatic hydroxyl groups is 1. The van der Waals surface area contributed by atoms with Gasteiger partial charge in [0.15, 0.2) is 11.6 Å². The summed E-state index contributed by atoms with van der Waals surface area (Å²) in [6.45, 7) is -0.0497. The van der Waals surface area contributed by atoms with Crippen molar-refractivity contribution < 1.29 is 14.6 Å². The van der Waals surface area contributed by atoms with Crippen LogP contribution in [0, 0.1) is 0 Å². The van der Waals surface area contributed by atoms with E-state index in [9.17, 15) is 9.90 Å². The van der Waals surface area contributed by atoms with E-state index in [1.807, 2.05) is 0 Å². The summed E-state index contributed by atoms with van der Waals surface area (Å²) in [5, 5.41) is 14.8. The second-order valence-electron chi connectivity index (χ2n) is 3.15. The van der Waals surface area contributed by atoms with Crippen molar-refractivity contribution in [1.82, 2.24) is 9.97 Å². The number of carbonyl (C=O) groups is 1. The zero-order chi connectivity index (χ0) is 12.8. The molecule has 0 spiro atoms. The Balaban J connectivity index is 2.80. The topological polar surface area (TPSA) is 122 Å². The van der Waals surface area contributed by atoms with Gasteiger partial charge in [0.2, 0.25) is 11.7 Å². The van der Waals surface area contributed by atoms with Gasteiger partial charge in [-0.2, -0.15) is 0 Å². The first-order chi connectivity index (χ1) is 8.10. The fourth-order valence-corrected chi connectivity index (χ4v) is 1.17. The Bertz CT molecular complexity index is 398. The van der Waals surface area contributed by atoms with Crippen LogP contribution in [-0.2, 0) is 4.79 Å². The Kier molecular flexibility index (Phi) is 4.46. The molecule has 1 unspecified atom stereocenters. The summed E-state index contributed by atoms with van der Waals surface area (Å²) in [5.74, 6) is 0.455. The molecule has 0 aliphatic heterocycles. The number of methoxy groups -OCH3 is 1. The second-order valence-corrected chi connectivity index (χ2v) is 3.15. The molecule has 0 radical (unpaired) electrons. The van der Waals surface area contributed by atoms with Crippen molar-refractivity contribution in [2.24, 2.45) is 5.73 Å². The fraction of sp³-hybridized carbons (Fsp3) is 0.444. The molecule has 0 bridgehead atoms. The van der Waals surface area contributed by atoms with Crippen LogP contribution in [0.25, 0.3) is 0 Å². The second kappa shape index (κ2) is 5.85. The van der Waals surface area contributed by atoms with Crippen LogP contribution in [0.15, 0.2) is 6.33 Å². The van der Waals surface area contributed by atoms with Crippen LogP contribution in [0.2, 0.25) is 0 Å². The van der Waals surface area contributed by atoms with Gasteiger partial charge in [-0.1, -0.05) is 0 Å². The highest BCUT2D eigenvalue weighted by Gasteiger charge is 2.14. The third-order valence-electron chi connectivity index (χ3n) is 2.04. The van der Waals surface area contributed by atoms with E-state index < -0.39 is 12.0 Å². The molecule has 17 heavy (non-hydrogen) atoms. The van der Waals surface area contributed by atoms with Gasteiger partial charge in [-0.25, -0.2) is 9.97 Å². The van der Waals surface area contributed by atoms with E-state index in [1.54, 1.807) is 7.05 Å². The number of rotatable bonds is 6. The molecule has 0 aromatic carbocycles. The Morgan fingerprint density at radius 2 is 2.24 bits per heavy atom. The van der Waals surface area contributed by atoms with Crippen LogP contribution in [0.5, 0.6) is 5.75 Å². The van der Waals surface area contributed by atoms with Gasteiger partial charge in [-0.05, 0) is 0 Å². The predicted molar refractivity (Wildman–Crippen MR) is 61.8 cm³/mol. The van der Waals surface area contributed by atoms with Crippen molar-refractivity contribution in [3.8, 4) is 5.75 Å². The molecule has 1 amide bonds. The fourth-order valence-electron chi connectivity index (χ4n) is 1.17. The smallest absolute Gasteiger partial charge is 0.248 e. The molecule has 1 aromatic rings. The number of anilines is 2. The van der Waals surface area contributed by atoms with E-state index >= 15 is 0 Å². The number of ether oxygens (including phenoxy) is 1. The van der Waals surface area contributed by atoms with E-state index in [1.165, 1.54) is 13.4 Å². The number of hydrogen-bond donors (Lipinski definition) is 4. The number of aliphatic hydroxyl groups excluding tert-OH is 1. The van der Waals surface area contributed by atoms with Gasteiger partial charge in [-0.3, -0.25) is 4.79 Å². The summed E-state index contributed by atoms with van der Waals surface area (Å²) >= 11 is 0. The summed E-state index contributed by atoms with van der Waals surface area (Å²) < 4.78 is 5.11. The number of amides is 1. The third kappa shape index (κ3) is 3.18. The van der Waals surface area contributed by atoms with E-state index in [4.69, 9.17) is 10.5 Å². The number of aromatic nitrogens is 2. The number of nitrogens with one attached hydrogen (secondary N) is 2. The molecule has 0 saturated carbocycles. The molecule has 0 aliphatic rings. The van der Waals surface area contributed by atoms with E-state index in [0.29, 0.717) is 17.4 Å². The van der Waals surface area contributed by atoms with Crippen LogP contribution >= 0.6 is 0 Å². The lowest BCUT2D eigenvalue weighted by Crippen LogP contribution is -2.34. The maximum absolute atomic E-state index is 10.7. The average molecular weight is 241 g/mol. The molecule has 5 N–H and O–H groups in total. The quantitative estimate of drug-likeness (QED) is 0.492. The van der Waals surface area contributed by atoms with Crippen molar-refractivity contribution >= 4 is 17.5 Å². The Morgan fingerprint density at radius 3 is 2.76 bits per heavy atom. The molecular weight excluding hydrogens is 226 g/mol. The van der Waals surface area contributed by atoms with Crippen LogP contribution < -0.4 is 21.1 Å². The first kappa shape index (κ1) is 13.0. The lowest BCUT2D eigenvalue weighted by Gasteiger charge is -2.13. The zero-order valence-electron chi connectivity index (χ0n) is 9.60. The monoisotopic (exact) mass is 241 g/mol. The molecule has 0 saturated heterocycles. The van der Waals surface area contributed by atoms with Crippen LogP contribution in [-0.4, -0.2) is 47.8 Å². The van der Waals surface area contributed by atoms with Crippen molar-refractivity contribution in [3.63, 3.8) is 0 Å². The predicted octanol–water partition coefficient (Wildman–Crippen LogP) is -1.21. The Morgan fingerprint density at radius 1 is 1.59 bits per heavy atom. The maximum atomic E-state index is 10.7. The van der Waals surface area contributed by atoms with Gasteiger partial charge in [0.05, 0.1) is 13.7 Å². The van der Waals surface area contributed by atoms with Gasteiger partial charge < -0.3 is 26.2 Å². The highest BCUT2D eigenvalue weighted by molar-refractivity contribution is 5.79. The van der Waals surface area contributed by atoms with Gasteiger partial charge in [0, 0.05) is 7.05 Å². The van der Waals surface area contributed by atoms with E-state index in [0.717, 1.165) is 0 Å². The molecule has 8 nitrogen and oxygen atoms in total. The van der Waals surface area contributed by atoms with Gasteiger partial charge in [0.25, 0.3) is 0 Å². The summed E-state index contributed by atoms with van der Waals surface area (Å²) in [7, 11) is 3.15. The molecule has 1 atom stereocenters. The average Bonchev–Trinajstić information content (AvgIpc) is 2.34. The van der Waals surface area contributed by atoms with Crippen molar-refractivity contribution in [3.05, 3.63) is 6.33 Å². The number of hydrogen-bond acceptors (Lipinski definition) is 7. The standard InChI is InChI=1S/C9H15N5O3/c1-11-8-6(17-2)9(14-4-13-8)12-3-5(15)7(10)16/h4-5,15H,3H2,1-2H3,(H2,10,16)(H2,11,12,13,14). The maximum Gasteiger partial charge on any atom is 0.248 e. The number of primary amides is 1. The Labute approximate surface area is 98.2 Å². The van der Waals surface area contributed by atoms with Crippen molar-refractivity contribution in [2.75, 3.05) is 31.3 Å². The summed E-state index contributed by atoms with van der Waals surface area (Å²) in [5.41, 5.74) is 4.92. The highest BCUT2D eigenvalue weighted by Crippen LogP contribution is 2.28. The molecule has 8 heteroatoms. The minimum absolute atomic E-state index is 0.0497. The first-order valence-corrected chi connectivity index (χ1v) is 4.88. The number of nitrogens with zero attached hydrogens (tertiary/aromatic N) is 2. The Hall–Kier alpha value is -2.09. The van der Waals surface area contributed by atoms with E-state index in [2.05, 4.69) is 20.6 Å². The zero-order valence-corrected chi connectivity index (χ0v) is 9.60. The number of carbonyl (C=O) groups excluding carboxylic acids is 1. The first-order valence-electron chi connectivity index (χ1n) is 4.88. The minimum atomic E-state index is -1.28. The van der Waals surface area contributed by atoms with Crippen LogP contribution in [0.4, 0.5) is 11.6 Å². The van der Waals surface area contributed by atoms with E-state index in [-0.39, 0.29) is 6.54 Å². The van der Waals surface area contributed by atoms with Gasteiger partial charge in [-0.15, -0.1) is 0 Å². The molecular formula is C9H15N5O3. The summed E-state index contributed by atoms with van der Waals surface area (Å²) in [6.07, 6.45) is 0.0422. The molecule has 1 rings (SSSR count). The highest BCUT2D eigenvalue weighted by atomic mass is 16.5. The lowest BCUT2D eigenvalue weighted by molar-refractivity contribution is -0.125. The van der Waals surface area contributed by atoms with Crippen LogP contribution in [0.1, 0.15) is 0 Å². The van der Waals surface area contributed by atoms with Crippen LogP contribution in [0.3, 0.4) is 0 Å². The number of nitrogens with two attached hydrogens (primary N) is 1. The molecule has 94 valence electrons. The summed E-state index contributed by atoms with van der Waals surface area (Å²) in [6, 6.07) is 0. The lowest BCUT2D eigenvalue weighted by atomic mass is 10.3. The molecule has 0 aliphatic carbocycles.